The maximum atomic E-state index is 12.9. The van der Waals surface area contributed by atoms with Gasteiger partial charge in [0.25, 0.3) is 11.8 Å². The Morgan fingerprint density at radius 1 is 1.28 bits per heavy atom. The third-order valence-corrected chi connectivity index (χ3v) is 6.60. The van der Waals surface area contributed by atoms with Gasteiger partial charge in [-0.3, -0.25) is 9.59 Å². The molecule has 3 rings (SSSR count). The van der Waals surface area contributed by atoms with Crippen molar-refractivity contribution in [2.75, 3.05) is 5.32 Å². The van der Waals surface area contributed by atoms with E-state index in [-0.39, 0.29) is 17.4 Å². The highest BCUT2D eigenvalue weighted by Gasteiger charge is 2.33. The van der Waals surface area contributed by atoms with Crippen LogP contribution in [-0.2, 0) is 12.8 Å². The van der Waals surface area contributed by atoms with Gasteiger partial charge in [0.1, 0.15) is 10.8 Å². The van der Waals surface area contributed by atoms with E-state index in [1.54, 1.807) is 18.2 Å². The maximum absolute atomic E-state index is 12.9. The quantitative estimate of drug-likeness (QED) is 0.719. The average Bonchev–Trinajstić information content (AvgIpc) is 2.97. The summed E-state index contributed by atoms with van der Waals surface area (Å²) in [5.74, 6) is 0.431. The number of hydrogen-bond donors (Lipinski definition) is 2. The number of benzene rings is 1. The van der Waals surface area contributed by atoms with Crippen LogP contribution in [0, 0.1) is 11.3 Å². The Hall–Kier alpha value is -2.34. The van der Waals surface area contributed by atoms with Crippen LogP contribution in [0.4, 0.5) is 5.00 Å². The fourth-order valence-corrected chi connectivity index (χ4v) is 5.16. The average molecular weight is 415 g/mol. The summed E-state index contributed by atoms with van der Waals surface area (Å²) in [6, 6.07) is 7.05. The van der Waals surface area contributed by atoms with E-state index in [0.29, 0.717) is 27.8 Å². The van der Waals surface area contributed by atoms with Gasteiger partial charge in [-0.1, -0.05) is 26.8 Å². The van der Waals surface area contributed by atoms with Crippen molar-refractivity contribution in [1.29, 1.82) is 0 Å². The Bertz CT molecular complexity index is 925. The molecule has 5 nitrogen and oxygen atoms in total. The van der Waals surface area contributed by atoms with Crippen LogP contribution in [0.15, 0.2) is 24.3 Å². The van der Waals surface area contributed by atoms with Crippen molar-refractivity contribution in [1.82, 2.24) is 0 Å². The largest absolute Gasteiger partial charge is 0.491 e. The zero-order valence-electron chi connectivity index (χ0n) is 17.8. The lowest BCUT2D eigenvalue weighted by Gasteiger charge is -2.33. The summed E-state index contributed by atoms with van der Waals surface area (Å²) in [5.41, 5.74) is 7.86. The number of thiophene rings is 1. The first-order valence-electron chi connectivity index (χ1n) is 10.1. The number of primary amides is 1. The molecule has 1 aliphatic carbocycles. The van der Waals surface area contributed by atoms with Gasteiger partial charge >= 0.3 is 0 Å². The van der Waals surface area contributed by atoms with Crippen LogP contribution in [0.2, 0.25) is 0 Å². The van der Waals surface area contributed by atoms with Crippen LogP contribution in [0.5, 0.6) is 5.75 Å². The van der Waals surface area contributed by atoms with E-state index < -0.39 is 5.91 Å². The molecule has 1 unspecified atom stereocenters. The molecule has 3 N–H and O–H groups in total. The molecular weight excluding hydrogens is 384 g/mol. The molecule has 0 saturated heterocycles. The zero-order valence-corrected chi connectivity index (χ0v) is 18.6. The van der Waals surface area contributed by atoms with Crippen molar-refractivity contribution < 1.29 is 14.3 Å². The highest BCUT2D eigenvalue weighted by atomic mass is 32.1. The van der Waals surface area contributed by atoms with Gasteiger partial charge < -0.3 is 15.8 Å². The Morgan fingerprint density at radius 2 is 2.00 bits per heavy atom. The molecule has 0 spiro atoms. The van der Waals surface area contributed by atoms with Crippen LogP contribution < -0.4 is 15.8 Å². The second-order valence-corrected chi connectivity index (χ2v) is 10.1. The van der Waals surface area contributed by atoms with Crippen LogP contribution in [-0.4, -0.2) is 17.9 Å². The number of fused-ring (bicyclic) bond motifs is 1. The smallest absolute Gasteiger partial charge is 0.256 e. The molecule has 6 heteroatoms. The van der Waals surface area contributed by atoms with Crippen molar-refractivity contribution in [3.8, 4) is 5.75 Å². The topological polar surface area (TPSA) is 81.4 Å². The molecule has 2 amide bonds. The Balaban J connectivity index is 1.87. The van der Waals surface area contributed by atoms with Gasteiger partial charge in [0.05, 0.1) is 11.7 Å². The molecule has 1 aromatic heterocycles. The summed E-state index contributed by atoms with van der Waals surface area (Å²) >= 11 is 1.48. The number of ether oxygens (including phenoxy) is 1. The molecule has 0 radical (unpaired) electrons. The van der Waals surface area contributed by atoms with Crippen molar-refractivity contribution in [2.45, 2.75) is 60.0 Å². The molecular formula is C23H30N2O3S. The molecule has 1 heterocycles. The van der Waals surface area contributed by atoms with Crippen LogP contribution in [0.3, 0.4) is 0 Å². The summed E-state index contributed by atoms with van der Waals surface area (Å²) in [6.45, 7) is 10.6. The third kappa shape index (κ3) is 4.81. The van der Waals surface area contributed by atoms with Crippen LogP contribution in [0.25, 0.3) is 0 Å². The Labute approximate surface area is 176 Å². The third-order valence-electron chi connectivity index (χ3n) is 5.43. The lowest BCUT2D eigenvalue weighted by molar-refractivity contribution is 0.1000. The first-order chi connectivity index (χ1) is 13.6. The number of rotatable bonds is 5. The van der Waals surface area contributed by atoms with E-state index in [9.17, 15) is 9.59 Å². The monoisotopic (exact) mass is 414 g/mol. The van der Waals surface area contributed by atoms with Crippen molar-refractivity contribution in [3.05, 3.63) is 45.8 Å². The minimum absolute atomic E-state index is 0.0227. The number of carbonyl (C=O) groups excluding carboxylic acids is 2. The number of carbonyl (C=O) groups is 2. The van der Waals surface area contributed by atoms with E-state index in [1.807, 2.05) is 19.9 Å². The summed E-state index contributed by atoms with van der Waals surface area (Å²) < 4.78 is 5.68. The van der Waals surface area contributed by atoms with E-state index in [0.717, 1.165) is 29.7 Å². The van der Waals surface area contributed by atoms with Crippen LogP contribution in [0.1, 0.15) is 72.2 Å². The maximum Gasteiger partial charge on any atom is 0.256 e. The van der Waals surface area contributed by atoms with Crippen molar-refractivity contribution in [2.24, 2.45) is 17.1 Å². The fraction of sp³-hybridized carbons (Fsp3) is 0.478. The van der Waals surface area contributed by atoms with Crippen molar-refractivity contribution >= 4 is 28.2 Å². The number of nitrogens with two attached hydrogens (primary N) is 1. The molecule has 2 aromatic rings. The SMILES string of the molecule is CC(C)Oc1cccc(C(=O)Nc2sc3c(c2C(N)=O)CCC(C(C)(C)C)C3)c1. The predicted octanol–water partition coefficient (Wildman–Crippen LogP) is 5.04. The molecule has 1 atom stereocenters. The summed E-state index contributed by atoms with van der Waals surface area (Å²) in [6.07, 6.45) is 2.78. The van der Waals surface area contributed by atoms with Gasteiger partial charge in [0, 0.05) is 10.4 Å². The zero-order chi connectivity index (χ0) is 21.3. The lowest BCUT2D eigenvalue weighted by Crippen LogP contribution is -2.27. The molecule has 29 heavy (non-hydrogen) atoms. The van der Waals surface area contributed by atoms with E-state index >= 15 is 0 Å². The normalized spacial score (nSPS) is 16.4. The molecule has 0 bridgehead atoms. The molecule has 1 aromatic carbocycles. The van der Waals surface area contributed by atoms with Gasteiger partial charge in [-0.25, -0.2) is 0 Å². The summed E-state index contributed by atoms with van der Waals surface area (Å²) in [7, 11) is 0. The molecule has 0 saturated carbocycles. The summed E-state index contributed by atoms with van der Waals surface area (Å²) in [4.78, 5) is 26.2. The van der Waals surface area contributed by atoms with E-state index in [1.165, 1.54) is 11.3 Å². The number of amides is 2. The van der Waals surface area contributed by atoms with E-state index in [2.05, 4.69) is 26.1 Å². The lowest BCUT2D eigenvalue weighted by atomic mass is 9.72. The second-order valence-electron chi connectivity index (χ2n) is 9.03. The first kappa shape index (κ1) is 21.4. The number of anilines is 1. The predicted molar refractivity (Wildman–Crippen MR) is 118 cm³/mol. The molecule has 156 valence electrons. The molecule has 0 aliphatic heterocycles. The fourth-order valence-electron chi connectivity index (χ4n) is 3.83. The second kappa shape index (κ2) is 8.19. The van der Waals surface area contributed by atoms with Gasteiger partial charge in [-0.2, -0.15) is 0 Å². The minimum atomic E-state index is -0.482. The van der Waals surface area contributed by atoms with Gasteiger partial charge in [0.2, 0.25) is 0 Å². The Kier molecular flexibility index (Phi) is 6.03. The minimum Gasteiger partial charge on any atom is -0.491 e. The molecule has 1 aliphatic rings. The van der Waals surface area contributed by atoms with Gasteiger partial charge in [0.15, 0.2) is 0 Å². The first-order valence-corrected chi connectivity index (χ1v) is 10.9. The number of hydrogen-bond acceptors (Lipinski definition) is 4. The van der Waals surface area contributed by atoms with E-state index in [4.69, 9.17) is 10.5 Å². The van der Waals surface area contributed by atoms with Crippen molar-refractivity contribution in [3.63, 3.8) is 0 Å². The molecule has 0 fully saturated rings. The van der Waals surface area contributed by atoms with Gasteiger partial charge in [-0.15, -0.1) is 11.3 Å². The highest BCUT2D eigenvalue weighted by Crippen LogP contribution is 2.44. The number of nitrogens with one attached hydrogen (secondary N) is 1. The van der Waals surface area contributed by atoms with Gasteiger partial charge in [-0.05, 0) is 68.2 Å². The summed E-state index contributed by atoms with van der Waals surface area (Å²) in [5, 5.41) is 3.48. The highest BCUT2D eigenvalue weighted by molar-refractivity contribution is 7.17. The standard InChI is InChI=1S/C23H30N2O3S/c1-13(2)28-16-8-6-7-14(11-16)21(27)25-22-19(20(24)26)17-10-9-15(23(3,4)5)12-18(17)29-22/h6-8,11,13,15H,9-10,12H2,1-5H3,(H2,24,26)(H,25,27). The Morgan fingerprint density at radius 3 is 2.62 bits per heavy atom. The van der Waals surface area contributed by atoms with Crippen LogP contribution >= 0.6 is 11.3 Å².